The van der Waals surface area contributed by atoms with Gasteiger partial charge in [0.15, 0.2) is 0 Å². The molecule has 0 spiro atoms. The number of hydrogen-bond donors (Lipinski definition) is 0. The zero-order chi connectivity index (χ0) is 15.7. The first kappa shape index (κ1) is 17.5. The molecule has 1 amide bonds. The quantitative estimate of drug-likeness (QED) is 0.684. The van der Waals surface area contributed by atoms with Gasteiger partial charge in [-0.15, -0.1) is 0 Å². The average Bonchev–Trinajstić information content (AvgIpc) is 2.41. The first-order chi connectivity index (χ1) is 9.92. The summed E-state index contributed by atoms with van der Waals surface area (Å²) in [6, 6.07) is 10.3. The number of nitrogens with zero attached hydrogens (tertiary/aromatic N) is 1. The summed E-state index contributed by atoms with van der Waals surface area (Å²) in [7, 11) is 0. The van der Waals surface area contributed by atoms with Gasteiger partial charge in [-0.2, -0.15) is 0 Å². The van der Waals surface area contributed by atoms with Gasteiger partial charge in [-0.3, -0.25) is 0 Å². The van der Waals surface area contributed by atoms with Crippen molar-refractivity contribution in [3.63, 3.8) is 0 Å². The molecule has 1 aromatic rings. The Bertz CT molecular complexity index is 409. The van der Waals surface area contributed by atoms with Crippen molar-refractivity contribution in [2.75, 3.05) is 13.1 Å². The van der Waals surface area contributed by atoms with Crippen LogP contribution in [-0.4, -0.2) is 29.7 Å². The molecule has 0 saturated carbocycles. The Morgan fingerprint density at radius 3 is 2.33 bits per heavy atom. The minimum atomic E-state index is -0.438. The van der Waals surface area contributed by atoms with Crippen LogP contribution in [0.25, 0.3) is 0 Å². The molecule has 0 atom stereocenters. The number of rotatable bonds is 7. The lowest BCUT2D eigenvalue weighted by atomic mass is 10.1. The standard InChI is InChI=1S/C18H29NO2/c1-5-6-10-14-19(17(20)21-18(2,3)4)15-13-16-11-8-7-9-12-16/h7-9,11-12H,5-6,10,13-15H2,1-4H3. The second-order valence-electron chi connectivity index (χ2n) is 6.41. The van der Waals surface area contributed by atoms with E-state index in [2.05, 4.69) is 19.1 Å². The van der Waals surface area contributed by atoms with Crippen molar-refractivity contribution in [1.29, 1.82) is 0 Å². The minimum absolute atomic E-state index is 0.200. The van der Waals surface area contributed by atoms with Crippen molar-refractivity contribution in [1.82, 2.24) is 4.90 Å². The van der Waals surface area contributed by atoms with Gasteiger partial charge < -0.3 is 9.64 Å². The summed E-state index contributed by atoms with van der Waals surface area (Å²) in [6.45, 7) is 9.38. The number of unbranched alkanes of at least 4 members (excludes halogenated alkanes) is 2. The van der Waals surface area contributed by atoms with E-state index in [0.29, 0.717) is 6.54 Å². The lowest BCUT2D eigenvalue weighted by Gasteiger charge is -2.27. The van der Waals surface area contributed by atoms with E-state index in [1.165, 1.54) is 5.56 Å². The predicted octanol–water partition coefficient (Wildman–Crippen LogP) is 4.66. The zero-order valence-corrected chi connectivity index (χ0v) is 13.9. The summed E-state index contributed by atoms with van der Waals surface area (Å²) >= 11 is 0. The Morgan fingerprint density at radius 1 is 1.10 bits per heavy atom. The molecule has 1 rings (SSSR count). The fourth-order valence-electron chi connectivity index (χ4n) is 2.08. The van der Waals surface area contributed by atoms with Crippen molar-refractivity contribution >= 4 is 6.09 Å². The van der Waals surface area contributed by atoms with Crippen LogP contribution >= 0.6 is 0 Å². The fourth-order valence-corrected chi connectivity index (χ4v) is 2.08. The highest BCUT2D eigenvalue weighted by Crippen LogP contribution is 2.12. The Hall–Kier alpha value is -1.51. The van der Waals surface area contributed by atoms with E-state index in [-0.39, 0.29) is 6.09 Å². The molecule has 118 valence electrons. The molecule has 0 heterocycles. The SMILES string of the molecule is CCCCCN(CCc1ccccc1)C(=O)OC(C)(C)C. The molecule has 0 fully saturated rings. The topological polar surface area (TPSA) is 29.5 Å². The van der Waals surface area contributed by atoms with Gasteiger partial charge in [0.05, 0.1) is 0 Å². The lowest BCUT2D eigenvalue weighted by molar-refractivity contribution is 0.0249. The van der Waals surface area contributed by atoms with Gasteiger partial charge in [0.25, 0.3) is 0 Å². The lowest BCUT2D eigenvalue weighted by Crippen LogP contribution is -2.38. The number of amides is 1. The molecule has 0 saturated heterocycles. The van der Waals surface area contributed by atoms with Gasteiger partial charge in [0.2, 0.25) is 0 Å². The maximum Gasteiger partial charge on any atom is 0.410 e. The van der Waals surface area contributed by atoms with E-state index in [9.17, 15) is 4.79 Å². The van der Waals surface area contributed by atoms with Crippen LogP contribution in [0.1, 0.15) is 52.5 Å². The highest BCUT2D eigenvalue weighted by Gasteiger charge is 2.21. The normalized spacial score (nSPS) is 11.2. The molecule has 0 radical (unpaired) electrons. The van der Waals surface area contributed by atoms with Gasteiger partial charge in [-0.25, -0.2) is 4.79 Å². The smallest absolute Gasteiger partial charge is 0.410 e. The fraction of sp³-hybridized carbons (Fsp3) is 0.611. The van der Waals surface area contributed by atoms with Crippen LogP contribution in [0.2, 0.25) is 0 Å². The van der Waals surface area contributed by atoms with Crippen LogP contribution in [0.3, 0.4) is 0 Å². The van der Waals surface area contributed by atoms with Crippen LogP contribution in [0.5, 0.6) is 0 Å². The molecular weight excluding hydrogens is 262 g/mol. The second kappa shape index (κ2) is 8.71. The Balaban J connectivity index is 2.56. The predicted molar refractivity (Wildman–Crippen MR) is 87.5 cm³/mol. The van der Waals surface area contributed by atoms with Gasteiger partial charge in [-0.05, 0) is 39.2 Å². The number of benzene rings is 1. The number of carbonyl (C=O) groups excluding carboxylic acids is 1. The molecule has 0 aliphatic carbocycles. The molecule has 0 bridgehead atoms. The molecule has 21 heavy (non-hydrogen) atoms. The Kier molecular flexibility index (Phi) is 7.27. The Labute approximate surface area is 129 Å². The summed E-state index contributed by atoms with van der Waals surface area (Å²) in [4.78, 5) is 14.1. The molecular formula is C18H29NO2. The largest absolute Gasteiger partial charge is 0.444 e. The molecule has 1 aromatic carbocycles. The van der Waals surface area contributed by atoms with Crippen LogP contribution in [0.15, 0.2) is 30.3 Å². The highest BCUT2D eigenvalue weighted by atomic mass is 16.6. The van der Waals surface area contributed by atoms with Gasteiger partial charge in [0.1, 0.15) is 5.60 Å². The zero-order valence-electron chi connectivity index (χ0n) is 13.9. The summed E-state index contributed by atoms with van der Waals surface area (Å²) in [5.41, 5.74) is 0.814. The monoisotopic (exact) mass is 291 g/mol. The van der Waals surface area contributed by atoms with E-state index >= 15 is 0 Å². The van der Waals surface area contributed by atoms with Crippen LogP contribution in [-0.2, 0) is 11.2 Å². The third-order valence-electron chi connectivity index (χ3n) is 3.20. The third kappa shape index (κ3) is 7.74. The number of ether oxygens (including phenoxy) is 1. The molecule has 0 aliphatic heterocycles. The van der Waals surface area contributed by atoms with Crippen molar-refractivity contribution in [3.05, 3.63) is 35.9 Å². The molecule has 0 unspecified atom stereocenters. The first-order valence-corrected chi connectivity index (χ1v) is 7.94. The first-order valence-electron chi connectivity index (χ1n) is 7.94. The summed E-state index contributed by atoms with van der Waals surface area (Å²) in [5.74, 6) is 0. The van der Waals surface area contributed by atoms with Gasteiger partial charge in [-0.1, -0.05) is 50.1 Å². The average molecular weight is 291 g/mol. The maximum absolute atomic E-state index is 12.3. The number of carbonyl (C=O) groups is 1. The van der Waals surface area contributed by atoms with Gasteiger partial charge >= 0.3 is 6.09 Å². The molecule has 3 nitrogen and oxygen atoms in total. The Morgan fingerprint density at radius 2 is 1.76 bits per heavy atom. The van der Waals surface area contributed by atoms with Crippen molar-refractivity contribution in [2.24, 2.45) is 0 Å². The molecule has 0 N–H and O–H groups in total. The van der Waals surface area contributed by atoms with Crippen LogP contribution in [0, 0.1) is 0 Å². The van der Waals surface area contributed by atoms with Crippen LogP contribution in [0.4, 0.5) is 4.79 Å². The molecule has 0 aliphatic rings. The van der Waals surface area contributed by atoms with E-state index in [1.807, 2.05) is 43.9 Å². The summed E-state index contributed by atoms with van der Waals surface area (Å²) < 4.78 is 5.51. The second-order valence-corrected chi connectivity index (χ2v) is 6.41. The van der Waals surface area contributed by atoms with Crippen molar-refractivity contribution in [3.8, 4) is 0 Å². The van der Waals surface area contributed by atoms with Crippen molar-refractivity contribution < 1.29 is 9.53 Å². The summed E-state index contributed by atoms with van der Waals surface area (Å²) in [5, 5.41) is 0. The van der Waals surface area contributed by atoms with Crippen molar-refractivity contribution in [2.45, 2.75) is 59.0 Å². The highest BCUT2D eigenvalue weighted by molar-refractivity contribution is 5.68. The van der Waals surface area contributed by atoms with Gasteiger partial charge in [0, 0.05) is 13.1 Å². The molecule has 0 aromatic heterocycles. The molecule has 3 heteroatoms. The minimum Gasteiger partial charge on any atom is -0.444 e. The third-order valence-corrected chi connectivity index (χ3v) is 3.20. The summed E-state index contributed by atoms with van der Waals surface area (Å²) in [6.07, 6.45) is 4.00. The van der Waals surface area contributed by atoms with E-state index in [1.54, 1.807) is 0 Å². The van der Waals surface area contributed by atoms with E-state index in [4.69, 9.17) is 4.74 Å². The maximum atomic E-state index is 12.3. The number of hydrogen-bond acceptors (Lipinski definition) is 2. The van der Waals surface area contributed by atoms with E-state index < -0.39 is 5.60 Å². The van der Waals surface area contributed by atoms with E-state index in [0.717, 1.165) is 32.2 Å². The van der Waals surface area contributed by atoms with Crippen LogP contribution < -0.4 is 0 Å².